The first kappa shape index (κ1) is 21.6. The number of hydrogen-bond donors (Lipinski definition) is 2. The van der Waals surface area contributed by atoms with E-state index in [0.29, 0.717) is 5.69 Å². The summed E-state index contributed by atoms with van der Waals surface area (Å²) < 4.78 is 32.0. The first-order valence-electron chi connectivity index (χ1n) is 7.90. The summed E-state index contributed by atoms with van der Waals surface area (Å²) in [6.45, 7) is 0. The molecule has 1 heterocycles. The molecule has 3 N–H and O–H groups in total. The molecule has 0 aliphatic carbocycles. The molecule has 1 aromatic carbocycles. The molecule has 0 saturated carbocycles. The maximum Gasteiger partial charge on any atom is 0.238 e. The number of nitrogens with two attached hydrogens (primary N) is 1. The van der Waals surface area contributed by atoms with Gasteiger partial charge in [0, 0.05) is 23.4 Å². The molecule has 0 atom stereocenters. The number of anilines is 1. The van der Waals surface area contributed by atoms with Gasteiger partial charge in [0.05, 0.1) is 4.90 Å². The largest absolute Gasteiger partial charge is 0.331 e. The Morgan fingerprint density at radius 3 is 2.26 bits per heavy atom. The Morgan fingerprint density at radius 1 is 1.15 bits per heavy atom. The van der Waals surface area contributed by atoms with Gasteiger partial charge in [0.1, 0.15) is 7.36 Å². The van der Waals surface area contributed by atoms with Crippen LogP contribution in [0.25, 0.3) is 0 Å². The van der Waals surface area contributed by atoms with Crippen molar-refractivity contribution in [2.45, 2.75) is 4.90 Å². The van der Waals surface area contributed by atoms with Crippen LogP contribution in [0.3, 0.4) is 0 Å². The summed E-state index contributed by atoms with van der Waals surface area (Å²) in [5, 5.41) is 9.42. The molecule has 146 valence electrons. The Bertz CT molecular complexity index is 965. The predicted molar refractivity (Wildman–Crippen MR) is 115 cm³/mol. The average Bonchev–Trinajstić information content (AvgIpc) is 2.59. The summed E-state index contributed by atoms with van der Waals surface area (Å²) in [5.74, 6) is 0. The molecule has 11 heteroatoms. The number of sulfonamides is 1. The van der Waals surface area contributed by atoms with E-state index in [2.05, 4.69) is 10.3 Å². The Hall–Kier alpha value is -1.68. The van der Waals surface area contributed by atoms with Gasteiger partial charge in [-0.3, -0.25) is 14.3 Å². The standard InChI is InChI=1S/C16H23N6O2PS2/c1-21(2)25(22(3)4,14-8-10-18-11-9-14)20-16(26)19-13-6-5-7-15(12-13)27(17,23)24/h5-12H,1-4H3,(H,19,26)(H2,17,23,24). The fraction of sp³-hybridized carbons (Fsp3) is 0.250. The minimum atomic E-state index is -3.80. The molecular formula is C16H23N6O2PS2. The first-order chi connectivity index (χ1) is 12.6. The van der Waals surface area contributed by atoms with Crippen molar-refractivity contribution in [3.63, 3.8) is 0 Å². The van der Waals surface area contributed by atoms with Crippen molar-refractivity contribution < 1.29 is 8.42 Å². The summed E-state index contributed by atoms with van der Waals surface area (Å²) >= 11 is 5.46. The van der Waals surface area contributed by atoms with Crippen LogP contribution in [0.2, 0.25) is 0 Å². The monoisotopic (exact) mass is 426 g/mol. The van der Waals surface area contributed by atoms with Crippen molar-refractivity contribution >= 4 is 45.7 Å². The van der Waals surface area contributed by atoms with Gasteiger partial charge < -0.3 is 5.32 Å². The fourth-order valence-electron chi connectivity index (χ4n) is 2.63. The Morgan fingerprint density at radius 2 is 1.74 bits per heavy atom. The van der Waals surface area contributed by atoms with E-state index in [1.807, 2.05) is 49.7 Å². The maximum atomic E-state index is 11.5. The van der Waals surface area contributed by atoms with Crippen LogP contribution in [0.15, 0.2) is 58.4 Å². The van der Waals surface area contributed by atoms with Gasteiger partial charge in [-0.25, -0.2) is 18.3 Å². The number of thiocarbonyl (C=S) groups is 1. The average molecular weight is 427 g/mol. The maximum absolute atomic E-state index is 11.5. The number of nitrogens with one attached hydrogen (secondary N) is 1. The second kappa shape index (κ2) is 8.55. The molecule has 2 aromatic rings. The molecule has 0 unspecified atom stereocenters. The lowest BCUT2D eigenvalue weighted by Gasteiger charge is -2.36. The van der Waals surface area contributed by atoms with Crippen molar-refractivity contribution in [1.82, 2.24) is 14.3 Å². The minimum Gasteiger partial charge on any atom is -0.331 e. The third kappa shape index (κ3) is 4.98. The molecule has 0 amide bonds. The molecule has 0 radical (unpaired) electrons. The molecule has 0 aliphatic rings. The number of nitrogens with zero attached hydrogens (tertiary/aromatic N) is 4. The van der Waals surface area contributed by atoms with Crippen molar-refractivity contribution in [2.24, 2.45) is 9.88 Å². The number of pyridine rings is 1. The number of aromatic nitrogens is 1. The van der Waals surface area contributed by atoms with Crippen LogP contribution in [0.4, 0.5) is 5.69 Å². The summed E-state index contributed by atoms with van der Waals surface area (Å²) in [7, 11) is 1.66. The molecular weight excluding hydrogens is 403 g/mol. The van der Waals surface area contributed by atoms with Crippen LogP contribution in [-0.4, -0.2) is 56.0 Å². The highest BCUT2D eigenvalue weighted by atomic mass is 32.2. The Labute approximate surface area is 165 Å². The van der Waals surface area contributed by atoms with Crippen molar-refractivity contribution in [3.05, 3.63) is 48.8 Å². The zero-order valence-corrected chi connectivity index (χ0v) is 18.1. The number of rotatable bonds is 5. The van der Waals surface area contributed by atoms with Crippen LogP contribution >= 0.6 is 19.6 Å². The van der Waals surface area contributed by atoms with Crippen LogP contribution in [-0.2, 0) is 10.0 Å². The zero-order chi connectivity index (χ0) is 20.2. The van der Waals surface area contributed by atoms with Gasteiger partial charge in [-0.1, -0.05) is 6.07 Å². The highest BCUT2D eigenvalue weighted by molar-refractivity contribution is 7.89. The molecule has 2 rings (SSSR count). The first-order valence-corrected chi connectivity index (χ1v) is 11.5. The Kier molecular flexibility index (Phi) is 6.85. The SMILES string of the molecule is CN(C)P(=NC(=S)Nc1cccc(S(N)(=O)=O)c1)(c1ccncc1)N(C)C. The number of primary sulfonamides is 1. The lowest BCUT2D eigenvalue weighted by Crippen LogP contribution is -2.30. The number of hydrogen-bond acceptors (Lipinski definition) is 4. The van der Waals surface area contributed by atoms with Crippen LogP contribution in [0.5, 0.6) is 0 Å². The van der Waals surface area contributed by atoms with E-state index >= 15 is 0 Å². The van der Waals surface area contributed by atoms with Gasteiger partial charge in [-0.2, -0.15) is 0 Å². The Balaban J connectivity index is 2.48. The van der Waals surface area contributed by atoms with E-state index in [-0.39, 0.29) is 10.0 Å². The molecule has 0 fully saturated rings. The zero-order valence-electron chi connectivity index (χ0n) is 15.6. The van der Waals surface area contributed by atoms with Crippen molar-refractivity contribution in [1.29, 1.82) is 0 Å². The second-order valence-corrected chi connectivity index (χ2v) is 11.5. The summed E-state index contributed by atoms with van der Waals surface area (Å²) in [6.07, 6.45) is 3.44. The lowest BCUT2D eigenvalue weighted by atomic mass is 10.3. The van der Waals surface area contributed by atoms with Crippen LogP contribution in [0.1, 0.15) is 0 Å². The quantitative estimate of drug-likeness (QED) is 0.556. The molecule has 27 heavy (non-hydrogen) atoms. The van der Waals surface area contributed by atoms with Gasteiger partial charge in [0.2, 0.25) is 10.0 Å². The smallest absolute Gasteiger partial charge is 0.238 e. The van der Waals surface area contributed by atoms with E-state index in [1.54, 1.807) is 24.5 Å². The highest BCUT2D eigenvalue weighted by Crippen LogP contribution is 2.52. The molecule has 0 spiro atoms. The van der Waals surface area contributed by atoms with E-state index in [9.17, 15) is 8.42 Å². The van der Waals surface area contributed by atoms with Gasteiger partial charge in [-0.15, -0.1) is 0 Å². The highest BCUT2D eigenvalue weighted by Gasteiger charge is 2.28. The fourth-order valence-corrected chi connectivity index (χ4v) is 6.59. The van der Waals surface area contributed by atoms with Crippen LogP contribution in [0, 0.1) is 0 Å². The molecule has 0 bridgehead atoms. The van der Waals surface area contributed by atoms with Crippen molar-refractivity contribution in [3.8, 4) is 0 Å². The van der Waals surface area contributed by atoms with Gasteiger partial charge in [-0.05, 0) is 70.7 Å². The molecule has 8 nitrogen and oxygen atoms in total. The van der Waals surface area contributed by atoms with Gasteiger partial charge in [0.15, 0.2) is 5.11 Å². The van der Waals surface area contributed by atoms with Crippen molar-refractivity contribution in [2.75, 3.05) is 33.5 Å². The second-order valence-electron chi connectivity index (χ2n) is 6.07. The predicted octanol–water partition coefficient (Wildman–Crippen LogP) is 1.91. The minimum absolute atomic E-state index is 0.00529. The molecule has 0 saturated heterocycles. The van der Waals surface area contributed by atoms with E-state index in [1.165, 1.54) is 12.1 Å². The third-order valence-electron chi connectivity index (χ3n) is 3.77. The van der Waals surface area contributed by atoms with E-state index < -0.39 is 17.4 Å². The van der Waals surface area contributed by atoms with E-state index in [0.717, 1.165) is 5.30 Å². The number of benzene rings is 1. The summed E-state index contributed by atoms with van der Waals surface area (Å²) in [4.78, 5) is 4.08. The third-order valence-corrected chi connectivity index (χ3v) is 8.71. The molecule has 1 aromatic heterocycles. The van der Waals surface area contributed by atoms with Gasteiger partial charge in [0.25, 0.3) is 0 Å². The van der Waals surface area contributed by atoms with Gasteiger partial charge >= 0.3 is 0 Å². The normalized spacial score (nSPS) is 12.3. The van der Waals surface area contributed by atoms with E-state index in [4.69, 9.17) is 22.1 Å². The summed E-state index contributed by atoms with van der Waals surface area (Å²) in [5.41, 5.74) is 0.501. The topological polar surface area (TPSA) is 104 Å². The van der Waals surface area contributed by atoms with Crippen LogP contribution < -0.4 is 15.8 Å². The summed E-state index contributed by atoms with van der Waals surface area (Å²) in [6, 6.07) is 9.98. The lowest BCUT2D eigenvalue weighted by molar-refractivity contribution is 0.572. The molecule has 0 aliphatic heterocycles.